The fraction of sp³-hybridized carbons (Fsp3) is 0.214. The van der Waals surface area contributed by atoms with Crippen LogP contribution in [0, 0.1) is 0 Å². The smallest absolute Gasteiger partial charge is 0.407 e. The van der Waals surface area contributed by atoms with E-state index in [-0.39, 0.29) is 25.5 Å². The molecule has 34 heavy (non-hydrogen) atoms. The number of hydrogen-bond donors (Lipinski definition) is 3. The summed E-state index contributed by atoms with van der Waals surface area (Å²) in [6.07, 6.45) is -1.01. The molecule has 6 heteroatoms. The lowest BCUT2D eigenvalue weighted by Crippen LogP contribution is -2.31. The Morgan fingerprint density at radius 2 is 1.56 bits per heavy atom. The molecule has 2 atom stereocenters. The van der Waals surface area contributed by atoms with Crippen molar-refractivity contribution in [2.75, 3.05) is 13.2 Å². The molecular weight excluding hydrogens is 428 g/mol. The highest BCUT2D eigenvalue weighted by Gasteiger charge is 2.29. The van der Waals surface area contributed by atoms with E-state index in [4.69, 9.17) is 4.74 Å². The number of rotatable bonds is 7. The predicted molar refractivity (Wildman–Crippen MR) is 130 cm³/mol. The second-order valence-corrected chi connectivity index (χ2v) is 8.47. The van der Waals surface area contributed by atoms with Gasteiger partial charge in [-0.15, -0.1) is 0 Å². The van der Waals surface area contributed by atoms with E-state index in [1.807, 2.05) is 54.6 Å². The Bertz CT molecular complexity index is 1270. The number of nitrogens with zero attached hydrogens (tertiary/aromatic N) is 1. The molecule has 1 aromatic heterocycles. The Labute approximate surface area is 197 Å². The molecule has 1 amide bonds. The maximum atomic E-state index is 12.3. The monoisotopic (exact) mass is 454 g/mol. The number of benzene rings is 3. The quantitative estimate of drug-likeness (QED) is 0.381. The number of alkyl carbamates (subject to hydrolysis) is 1. The number of aromatic nitrogens is 1. The fourth-order valence-corrected chi connectivity index (χ4v) is 4.69. The third-order valence-electron chi connectivity index (χ3n) is 6.40. The largest absolute Gasteiger partial charge is 0.449 e. The van der Waals surface area contributed by atoms with Crippen LogP contribution in [0.1, 0.15) is 35.3 Å². The number of aliphatic hydroxyl groups is 2. The van der Waals surface area contributed by atoms with Gasteiger partial charge < -0.3 is 20.3 Å². The first-order chi connectivity index (χ1) is 16.6. The average Bonchev–Trinajstić information content (AvgIpc) is 3.20. The zero-order valence-electron chi connectivity index (χ0n) is 18.6. The molecule has 3 aromatic carbocycles. The summed E-state index contributed by atoms with van der Waals surface area (Å²) < 4.78 is 5.52. The second kappa shape index (κ2) is 9.63. The summed E-state index contributed by atoms with van der Waals surface area (Å²) in [4.78, 5) is 16.6. The summed E-state index contributed by atoms with van der Waals surface area (Å²) in [7, 11) is 0. The first kappa shape index (κ1) is 22.1. The standard InChI is InChI=1S/C28H26N2O4/c31-25(27(32)26-19-8-2-1-7-18(19)13-15-29-26)14-16-30-28(33)34-17-24-22-11-5-3-9-20(22)21-10-4-6-12-23(21)24/h1-13,15,24-25,27,31-32H,14,16-17H2,(H,30,33). The van der Waals surface area contributed by atoms with Crippen molar-refractivity contribution in [3.8, 4) is 11.1 Å². The minimum atomic E-state index is -1.16. The molecule has 6 nitrogen and oxygen atoms in total. The van der Waals surface area contributed by atoms with Crippen LogP contribution >= 0.6 is 0 Å². The molecule has 0 radical (unpaired) electrons. The van der Waals surface area contributed by atoms with Crippen molar-refractivity contribution < 1.29 is 19.7 Å². The molecular formula is C28H26N2O4. The summed E-state index contributed by atoms with van der Waals surface area (Å²) in [5, 5.41) is 25.5. The number of ether oxygens (including phenoxy) is 1. The van der Waals surface area contributed by atoms with Crippen LogP contribution in [0.5, 0.6) is 0 Å². The van der Waals surface area contributed by atoms with Crippen molar-refractivity contribution >= 4 is 16.9 Å². The molecule has 0 spiro atoms. The van der Waals surface area contributed by atoms with Crippen molar-refractivity contribution in [1.82, 2.24) is 10.3 Å². The van der Waals surface area contributed by atoms with Crippen molar-refractivity contribution in [2.45, 2.75) is 24.5 Å². The highest BCUT2D eigenvalue weighted by atomic mass is 16.5. The number of pyridine rings is 1. The summed E-state index contributed by atoms with van der Waals surface area (Å²) in [5.41, 5.74) is 5.07. The predicted octanol–water partition coefficient (Wildman–Crippen LogP) is 4.56. The number of carbonyl (C=O) groups excluding carboxylic acids is 1. The van der Waals surface area contributed by atoms with E-state index in [2.05, 4.69) is 34.6 Å². The number of aliphatic hydroxyl groups excluding tert-OH is 2. The lowest BCUT2D eigenvalue weighted by atomic mass is 9.98. The normalized spacial score (nSPS) is 14.3. The van der Waals surface area contributed by atoms with Gasteiger partial charge >= 0.3 is 6.09 Å². The molecule has 0 aliphatic heterocycles. The van der Waals surface area contributed by atoms with Crippen molar-refractivity contribution in [3.05, 3.63) is 102 Å². The van der Waals surface area contributed by atoms with Gasteiger partial charge in [0.2, 0.25) is 0 Å². The van der Waals surface area contributed by atoms with Crippen molar-refractivity contribution in [2.24, 2.45) is 0 Å². The van der Waals surface area contributed by atoms with Gasteiger partial charge in [0, 0.05) is 24.0 Å². The van der Waals surface area contributed by atoms with Crippen LogP contribution in [0.3, 0.4) is 0 Å². The summed E-state index contributed by atoms with van der Waals surface area (Å²) in [5.74, 6) is -0.0111. The summed E-state index contributed by atoms with van der Waals surface area (Å²) >= 11 is 0. The van der Waals surface area contributed by atoms with Gasteiger partial charge in [0.05, 0.1) is 11.8 Å². The third kappa shape index (κ3) is 4.25. The molecule has 5 rings (SSSR count). The molecule has 2 unspecified atom stereocenters. The highest BCUT2D eigenvalue weighted by molar-refractivity contribution is 5.84. The Hall–Kier alpha value is -3.74. The van der Waals surface area contributed by atoms with Crippen LogP contribution in [0.25, 0.3) is 21.9 Å². The van der Waals surface area contributed by atoms with E-state index in [0.29, 0.717) is 5.69 Å². The molecule has 0 saturated carbocycles. The van der Waals surface area contributed by atoms with Gasteiger partial charge in [-0.05, 0) is 40.1 Å². The molecule has 1 aliphatic rings. The SMILES string of the molecule is O=C(NCCC(O)C(O)c1nccc2ccccc12)OCC1c2ccccc2-c2ccccc21. The van der Waals surface area contributed by atoms with E-state index in [1.165, 1.54) is 11.1 Å². The van der Waals surface area contributed by atoms with Crippen LogP contribution in [-0.2, 0) is 4.74 Å². The number of fused-ring (bicyclic) bond motifs is 4. The van der Waals surface area contributed by atoms with Gasteiger partial charge in [-0.1, -0.05) is 72.8 Å². The molecule has 172 valence electrons. The lowest BCUT2D eigenvalue weighted by Gasteiger charge is -2.19. The Morgan fingerprint density at radius 1 is 0.912 bits per heavy atom. The van der Waals surface area contributed by atoms with E-state index in [0.717, 1.165) is 21.9 Å². The Kier molecular flexibility index (Phi) is 6.25. The van der Waals surface area contributed by atoms with Gasteiger partial charge in [-0.3, -0.25) is 4.98 Å². The van der Waals surface area contributed by atoms with Gasteiger partial charge in [-0.2, -0.15) is 0 Å². The molecule has 1 aliphatic carbocycles. The van der Waals surface area contributed by atoms with Crippen LogP contribution in [0.4, 0.5) is 4.79 Å². The summed E-state index contributed by atoms with van der Waals surface area (Å²) in [6, 6.07) is 25.8. The Morgan fingerprint density at radius 3 is 2.29 bits per heavy atom. The van der Waals surface area contributed by atoms with Crippen LogP contribution in [0.15, 0.2) is 85.1 Å². The van der Waals surface area contributed by atoms with Crippen molar-refractivity contribution in [3.63, 3.8) is 0 Å². The zero-order chi connectivity index (χ0) is 23.5. The average molecular weight is 455 g/mol. The van der Waals surface area contributed by atoms with E-state index in [1.54, 1.807) is 6.20 Å². The van der Waals surface area contributed by atoms with Crippen LogP contribution in [0.2, 0.25) is 0 Å². The molecule has 4 aromatic rings. The Balaban J connectivity index is 1.15. The van der Waals surface area contributed by atoms with Gasteiger partial charge in [0.15, 0.2) is 0 Å². The molecule has 0 saturated heterocycles. The van der Waals surface area contributed by atoms with E-state index in [9.17, 15) is 15.0 Å². The first-order valence-corrected chi connectivity index (χ1v) is 11.4. The molecule has 3 N–H and O–H groups in total. The van der Waals surface area contributed by atoms with Gasteiger partial charge in [0.25, 0.3) is 0 Å². The molecule has 0 fully saturated rings. The maximum Gasteiger partial charge on any atom is 0.407 e. The van der Waals surface area contributed by atoms with Gasteiger partial charge in [-0.25, -0.2) is 4.79 Å². The topological polar surface area (TPSA) is 91.7 Å². The van der Waals surface area contributed by atoms with Crippen LogP contribution in [-0.4, -0.2) is 40.5 Å². The minimum absolute atomic E-state index is 0.0111. The number of hydrogen-bond acceptors (Lipinski definition) is 5. The van der Waals surface area contributed by atoms with E-state index < -0.39 is 18.3 Å². The van der Waals surface area contributed by atoms with Gasteiger partial charge in [0.1, 0.15) is 12.7 Å². The number of nitrogens with one attached hydrogen (secondary N) is 1. The molecule has 1 heterocycles. The number of carbonyl (C=O) groups is 1. The lowest BCUT2D eigenvalue weighted by molar-refractivity contribution is 0.0121. The first-order valence-electron chi connectivity index (χ1n) is 11.4. The van der Waals surface area contributed by atoms with Crippen LogP contribution < -0.4 is 5.32 Å². The highest BCUT2D eigenvalue weighted by Crippen LogP contribution is 2.44. The molecule has 0 bridgehead atoms. The number of amides is 1. The zero-order valence-corrected chi connectivity index (χ0v) is 18.6. The van der Waals surface area contributed by atoms with E-state index >= 15 is 0 Å². The second-order valence-electron chi connectivity index (χ2n) is 8.47. The van der Waals surface area contributed by atoms with Crippen molar-refractivity contribution in [1.29, 1.82) is 0 Å². The third-order valence-corrected chi connectivity index (χ3v) is 6.40. The fourth-order valence-electron chi connectivity index (χ4n) is 4.69. The minimum Gasteiger partial charge on any atom is -0.449 e. The summed E-state index contributed by atoms with van der Waals surface area (Å²) in [6.45, 7) is 0.393. The maximum absolute atomic E-state index is 12.3.